The number of carbonyl (C=O) groups excluding carboxylic acids is 1. The van der Waals surface area contributed by atoms with E-state index in [9.17, 15) is 9.18 Å². The molecule has 0 aliphatic carbocycles. The number of benzene rings is 2. The number of methoxy groups -OCH3 is 1. The topological polar surface area (TPSA) is 53.3 Å². The van der Waals surface area contributed by atoms with Crippen molar-refractivity contribution in [1.82, 2.24) is 9.55 Å². The van der Waals surface area contributed by atoms with E-state index in [2.05, 4.69) is 20.9 Å². The molecular formula is C20H18BrFN2O3. The molecule has 0 saturated carbocycles. The molecule has 0 radical (unpaired) electrons. The number of imidazole rings is 1. The molecule has 1 saturated heterocycles. The van der Waals surface area contributed by atoms with E-state index in [0.29, 0.717) is 28.6 Å². The number of halogens is 2. The molecule has 1 aliphatic rings. The Morgan fingerprint density at radius 3 is 2.85 bits per heavy atom. The van der Waals surface area contributed by atoms with Crippen molar-refractivity contribution >= 4 is 32.9 Å². The van der Waals surface area contributed by atoms with Crippen LogP contribution in [0.4, 0.5) is 4.39 Å². The van der Waals surface area contributed by atoms with Gasteiger partial charge >= 0.3 is 5.97 Å². The molecule has 3 aromatic rings. The Morgan fingerprint density at radius 1 is 1.37 bits per heavy atom. The van der Waals surface area contributed by atoms with Crippen LogP contribution in [0.1, 0.15) is 28.2 Å². The van der Waals surface area contributed by atoms with Crippen LogP contribution in [0.2, 0.25) is 0 Å². The molecule has 0 N–H and O–H groups in total. The van der Waals surface area contributed by atoms with E-state index in [1.165, 1.54) is 13.2 Å². The summed E-state index contributed by atoms with van der Waals surface area (Å²) in [6.07, 6.45) is 1.44. The molecule has 1 atom stereocenters. The number of fused-ring (bicyclic) bond motifs is 1. The standard InChI is InChI=1S/C20H18BrFN2O3/c1-26-20(25)13-3-5-17-18(8-13)24(11-15-6-7-27-15)19(23-17)9-12-2-4-14(21)10-16(12)22/h2-5,8,10,15H,6-7,9,11H2,1H3. The second-order valence-corrected chi connectivity index (χ2v) is 7.44. The number of aromatic nitrogens is 2. The van der Waals surface area contributed by atoms with Crippen molar-refractivity contribution in [2.75, 3.05) is 13.7 Å². The first-order valence-corrected chi connectivity index (χ1v) is 9.47. The average molecular weight is 433 g/mol. The van der Waals surface area contributed by atoms with Gasteiger partial charge in [-0.1, -0.05) is 22.0 Å². The van der Waals surface area contributed by atoms with E-state index >= 15 is 0 Å². The molecule has 1 aliphatic heterocycles. The zero-order chi connectivity index (χ0) is 19.0. The van der Waals surface area contributed by atoms with E-state index in [-0.39, 0.29) is 11.9 Å². The van der Waals surface area contributed by atoms with Crippen LogP contribution < -0.4 is 0 Å². The highest BCUT2D eigenvalue weighted by Gasteiger charge is 2.23. The molecule has 27 heavy (non-hydrogen) atoms. The van der Waals surface area contributed by atoms with Crippen LogP contribution in [0.25, 0.3) is 11.0 Å². The smallest absolute Gasteiger partial charge is 0.337 e. The van der Waals surface area contributed by atoms with Gasteiger partial charge in [0, 0.05) is 17.5 Å². The second kappa shape index (κ2) is 7.40. The summed E-state index contributed by atoms with van der Waals surface area (Å²) < 4.78 is 27.4. The first kappa shape index (κ1) is 18.1. The van der Waals surface area contributed by atoms with E-state index in [1.807, 2.05) is 10.6 Å². The van der Waals surface area contributed by atoms with E-state index in [4.69, 9.17) is 9.47 Å². The molecule has 1 fully saturated rings. The Bertz CT molecular complexity index is 1010. The predicted molar refractivity (Wildman–Crippen MR) is 102 cm³/mol. The molecule has 0 amide bonds. The SMILES string of the molecule is COC(=O)c1ccc2nc(Cc3ccc(Br)cc3F)n(CC3CCO3)c2c1. The molecule has 0 spiro atoms. The minimum Gasteiger partial charge on any atom is -0.465 e. The molecular weight excluding hydrogens is 415 g/mol. The third kappa shape index (κ3) is 3.61. The minimum absolute atomic E-state index is 0.109. The summed E-state index contributed by atoms with van der Waals surface area (Å²) in [5, 5.41) is 0. The van der Waals surface area contributed by atoms with Gasteiger partial charge < -0.3 is 14.0 Å². The summed E-state index contributed by atoms with van der Waals surface area (Å²) in [6, 6.07) is 10.3. The number of nitrogens with zero attached hydrogens (tertiary/aromatic N) is 2. The quantitative estimate of drug-likeness (QED) is 0.569. The maximum atomic E-state index is 14.3. The lowest BCUT2D eigenvalue weighted by Crippen LogP contribution is -2.31. The second-order valence-electron chi connectivity index (χ2n) is 6.53. The number of esters is 1. The Kier molecular flexibility index (Phi) is 4.97. The lowest BCUT2D eigenvalue weighted by atomic mass is 10.1. The molecule has 0 bridgehead atoms. The predicted octanol–water partition coefficient (Wildman–Crippen LogP) is 4.10. The monoisotopic (exact) mass is 432 g/mol. The molecule has 2 aromatic carbocycles. The van der Waals surface area contributed by atoms with E-state index in [1.54, 1.807) is 24.3 Å². The van der Waals surface area contributed by atoms with Gasteiger partial charge in [-0.3, -0.25) is 0 Å². The highest BCUT2D eigenvalue weighted by molar-refractivity contribution is 9.10. The Balaban J connectivity index is 1.77. The number of rotatable bonds is 5. The van der Waals surface area contributed by atoms with Crippen LogP contribution in [-0.2, 0) is 22.4 Å². The molecule has 7 heteroatoms. The Morgan fingerprint density at radius 2 is 2.19 bits per heavy atom. The molecule has 1 aromatic heterocycles. The van der Waals surface area contributed by atoms with Gasteiger partial charge in [-0.2, -0.15) is 0 Å². The Hall–Kier alpha value is -2.25. The highest BCUT2D eigenvalue weighted by Crippen LogP contribution is 2.25. The zero-order valence-electron chi connectivity index (χ0n) is 14.7. The lowest BCUT2D eigenvalue weighted by Gasteiger charge is -2.27. The molecule has 5 nitrogen and oxygen atoms in total. The van der Waals surface area contributed by atoms with Crippen LogP contribution in [-0.4, -0.2) is 35.3 Å². The van der Waals surface area contributed by atoms with Crippen molar-refractivity contribution in [1.29, 1.82) is 0 Å². The van der Waals surface area contributed by atoms with Crippen molar-refractivity contribution in [2.45, 2.75) is 25.5 Å². The van der Waals surface area contributed by atoms with Crippen LogP contribution in [0, 0.1) is 5.82 Å². The number of ether oxygens (including phenoxy) is 2. The average Bonchev–Trinajstić information content (AvgIpc) is 2.96. The van der Waals surface area contributed by atoms with Gasteiger partial charge in [-0.15, -0.1) is 0 Å². The fraction of sp³-hybridized carbons (Fsp3) is 0.300. The third-order valence-corrected chi connectivity index (χ3v) is 5.28. The molecule has 140 valence electrons. The minimum atomic E-state index is -0.398. The summed E-state index contributed by atoms with van der Waals surface area (Å²) >= 11 is 3.28. The van der Waals surface area contributed by atoms with Gasteiger partial charge in [0.2, 0.25) is 0 Å². The fourth-order valence-corrected chi connectivity index (χ4v) is 3.56. The van der Waals surface area contributed by atoms with Crippen LogP contribution in [0.3, 0.4) is 0 Å². The van der Waals surface area contributed by atoms with Crippen molar-refractivity contribution in [3.8, 4) is 0 Å². The van der Waals surface area contributed by atoms with Crippen LogP contribution in [0.15, 0.2) is 40.9 Å². The summed E-state index contributed by atoms with van der Waals surface area (Å²) in [5.74, 6) is 0.0620. The van der Waals surface area contributed by atoms with Gasteiger partial charge in [0.1, 0.15) is 11.6 Å². The fourth-order valence-electron chi connectivity index (χ4n) is 3.22. The van der Waals surface area contributed by atoms with E-state index < -0.39 is 5.97 Å². The van der Waals surface area contributed by atoms with Crippen LogP contribution >= 0.6 is 15.9 Å². The first-order chi connectivity index (χ1) is 13.0. The first-order valence-electron chi connectivity index (χ1n) is 8.68. The normalized spacial score (nSPS) is 16.3. The summed E-state index contributed by atoms with van der Waals surface area (Å²) in [6.45, 7) is 1.37. The van der Waals surface area contributed by atoms with Crippen molar-refractivity contribution in [3.05, 3.63) is 63.6 Å². The number of carbonyl (C=O) groups is 1. The van der Waals surface area contributed by atoms with Gasteiger partial charge in [0.25, 0.3) is 0 Å². The van der Waals surface area contributed by atoms with Gasteiger partial charge in [-0.05, 0) is 42.3 Å². The van der Waals surface area contributed by atoms with Crippen LogP contribution in [0.5, 0.6) is 0 Å². The molecule has 1 unspecified atom stereocenters. The highest BCUT2D eigenvalue weighted by atomic mass is 79.9. The summed E-state index contributed by atoms with van der Waals surface area (Å²) in [5.41, 5.74) is 2.61. The van der Waals surface area contributed by atoms with Gasteiger partial charge in [0.15, 0.2) is 0 Å². The van der Waals surface area contributed by atoms with E-state index in [0.717, 1.165) is 29.9 Å². The Labute approximate surface area is 164 Å². The van der Waals surface area contributed by atoms with Crippen molar-refractivity contribution < 1.29 is 18.7 Å². The molecule has 2 heterocycles. The lowest BCUT2D eigenvalue weighted by molar-refractivity contribution is -0.0589. The third-order valence-electron chi connectivity index (χ3n) is 4.79. The number of hydrogen-bond acceptors (Lipinski definition) is 4. The maximum Gasteiger partial charge on any atom is 0.337 e. The van der Waals surface area contributed by atoms with Gasteiger partial charge in [-0.25, -0.2) is 14.2 Å². The van der Waals surface area contributed by atoms with Gasteiger partial charge in [0.05, 0.1) is 36.4 Å². The maximum absolute atomic E-state index is 14.3. The zero-order valence-corrected chi connectivity index (χ0v) is 16.3. The van der Waals surface area contributed by atoms with Crippen molar-refractivity contribution in [2.24, 2.45) is 0 Å². The largest absolute Gasteiger partial charge is 0.465 e. The molecule has 4 rings (SSSR count). The van der Waals surface area contributed by atoms with Crippen molar-refractivity contribution in [3.63, 3.8) is 0 Å². The summed E-state index contributed by atoms with van der Waals surface area (Å²) in [7, 11) is 1.35. The summed E-state index contributed by atoms with van der Waals surface area (Å²) in [4.78, 5) is 16.6. The number of hydrogen-bond donors (Lipinski definition) is 0.